The van der Waals surface area contributed by atoms with Crippen LogP contribution < -0.4 is 5.14 Å². The number of carbonyl (C=O) groups is 1. The number of nitrogens with two attached hydrogens (primary N) is 1. The minimum absolute atomic E-state index is 0.0161. The van der Waals surface area contributed by atoms with Gasteiger partial charge in [0, 0.05) is 5.57 Å². The Morgan fingerprint density at radius 1 is 1.04 bits per heavy atom. The van der Waals surface area contributed by atoms with Crippen LogP contribution in [0, 0.1) is 5.82 Å². The Morgan fingerprint density at radius 3 is 2.11 bits per heavy atom. The van der Waals surface area contributed by atoms with Gasteiger partial charge in [0.1, 0.15) is 11.4 Å². The highest BCUT2D eigenvalue weighted by atomic mass is 32.2. The van der Waals surface area contributed by atoms with Gasteiger partial charge in [-0.15, -0.1) is 0 Å². The molecule has 1 aliphatic rings. The Bertz CT molecular complexity index is 1010. The predicted octanol–water partition coefficient (Wildman–Crippen LogP) is 3.50. The molecule has 0 saturated heterocycles. The number of hydrogen-bond donors (Lipinski definition) is 1. The first-order valence-corrected chi connectivity index (χ1v) is 10.1. The molecular weight excluding hydrogens is 369 g/mol. The van der Waals surface area contributed by atoms with E-state index >= 15 is 0 Å². The number of carbonyl (C=O) groups excluding carboxylic acids is 1. The summed E-state index contributed by atoms with van der Waals surface area (Å²) >= 11 is 0. The van der Waals surface area contributed by atoms with E-state index in [1.165, 1.54) is 36.4 Å². The summed E-state index contributed by atoms with van der Waals surface area (Å²) in [6.07, 6.45) is 1.37. The first-order valence-electron chi connectivity index (χ1n) is 8.53. The van der Waals surface area contributed by atoms with Gasteiger partial charge in [-0.2, -0.15) is 0 Å². The van der Waals surface area contributed by atoms with Crippen LogP contribution in [0.15, 0.2) is 53.4 Å². The summed E-state index contributed by atoms with van der Waals surface area (Å²) < 4.78 is 42.1. The average molecular weight is 389 g/mol. The van der Waals surface area contributed by atoms with E-state index in [0.717, 1.165) is 6.42 Å². The van der Waals surface area contributed by atoms with Gasteiger partial charge >= 0.3 is 5.97 Å². The lowest BCUT2D eigenvalue weighted by Gasteiger charge is -2.26. The van der Waals surface area contributed by atoms with Gasteiger partial charge in [0.05, 0.1) is 10.5 Å². The van der Waals surface area contributed by atoms with Gasteiger partial charge < -0.3 is 4.74 Å². The molecule has 3 rings (SSSR count). The molecule has 2 aromatic rings. The second kappa shape index (κ2) is 6.90. The molecule has 142 valence electrons. The van der Waals surface area contributed by atoms with Gasteiger partial charge in [0.2, 0.25) is 10.0 Å². The minimum Gasteiger partial charge on any atom is -0.451 e. The Kier molecular flexibility index (Phi) is 4.92. The van der Waals surface area contributed by atoms with E-state index in [-0.39, 0.29) is 4.90 Å². The SMILES string of the molecule is CCCC1(C)OC(=O)C(c2ccc(F)cc2)=C1c1ccc(S(N)(=O)=O)cc1. The number of sulfonamides is 1. The largest absolute Gasteiger partial charge is 0.451 e. The molecule has 0 bridgehead atoms. The van der Waals surface area contributed by atoms with E-state index in [4.69, 9.17) is 9.88 Å². The van der Waals surface area contributed by atoms with Gasteiger partial charge in [-0.25, -0.2) is 22.7 Å². The van der Waals surface area contributed by atoms with Crippen molar-refractivity contribution in [3.05, 3.63) is 65.5 Å². The van der Waals surface area contributed by atoms with Gasteiger partial charge in [0.15, 0.2) is 0 Å². The molecule has 1 unspecified atom stereocenters. The Hall–Kier alpha value is -2.51. The number of cyclic esters (lactones) is 1. The summed E-state index contributed by atoms with van der Waals surface area (Å²) in [6, 6.07) is 11.6. The van der Waals surface area contributed by atoms with E-state index in [0.29, 0.717) is 28.7 Å². The third-order valence-electron chi connectivity index (χ3n) is 4.63. The van der Waals surface area contributed by atoms with Crippen LogP contribution >= 0.6 is 0 Å². The van der Waals surface area contributed by atoms with Crippen molar-refractivity contribution in [3.63, 3.8) is 0 Å². The van der Waals surface area contributed by atoms with Gasteiger partial charge in [0.25, 0.3) is 0 Å². The highest BCUT2D eigenvalue weighted by Gasteiger charge is 2.44. The van der Waals surface area contributed by atoms with Gasteiger partial charge in [-0.1, -0.05) is 37.6 Å². The highest BCUT2D eigenvalue weighted by Crippen LogP contribution is 2.46. The van der Waals surface area contributed by atoms with E-state index in [9.17, 15) is 17.6 Å². The van der Waals surface area contributed by atoms with Crippen LogP contribution in [-0.2, 0) is 19.6 Å². The number of benzene rings is 2. The van der Waals surface area contributed by atoms with Crippen LogP contribution in [0.5, 0.6) is 0 Å². The van der Waals surface area contributed by atoms with Crippen molar-refractivity contribution < 1.29 is 22.3 Å². The van der Waals surface area contributed by atoms with Crippen molar-refractivity contribution in [1.29, 1.82) is 0 Å². The lowest BCUT2D eigenvalue weighted by Crippen LogP contribution is -2.27. The number of rotatable bonds is 5. The fourth-order valence-electron chi connectivity index (χ4n) is 3.47. The zero-order chi connectivity index (χ0) is 19.8. The van der Waals surface area contributed by atoms with E-state index < -0.39 is 27.4 Å². The second-order valence-corrected chi connectivity index (χ2v) is 8.26. The zero-order valence-corrected chi connectivity index (χ0v) is 15.8. The molecule has 7 heteroatoms. The zero-order valence-electron chi connectivity index (χ0n) is 15.0. The van der Waals surface area contributed by atoms with Crippen molar-refractivity contribution in [2.24, 2.45) is 5.14 Å². The van der Waals surface area contributed by atoms with Crippen molar-refractivity contribution in [3.8, 4) is 0 Å². The molecule has 2 N–H and O–H groups in total. The maximum atomic E-state index is 13.3. The van der Waals surface area contributed by atoms with Crippen molar-refractivity contribution >= 4 is 27.1 Å². The number of hydrogen-bond acceptors (Lipinski definition) is 4. The van der Waals surface area contributed by atoms with Gasteiger partial charge in [-0.3, -0.25) is 0 Å². The Morgan fingerprint density at radius 2 is 1.59 bits per heavy atom. The van der Waals surface area contributed by atoms with Crippen LogP contribution in [-0.4, -0.2) is 20.0 Å². The molecule has 5 nitrogen and oxygen atoms in total. The topological polar surface area (TPSA) is 86.5 Å². The van der Waals surface area contributed by atoms with E-state index in [2.05, 4.69) is 0 Å². The summed E-state index contributed by atoms with van der Waals surface area (Å²) in [5.74, 6) is -0.885. The number of halogens is 1. The monoisotopic (exact) mass is 389 g/mol. The van der Waals surface area contributed by atoms with Crippen molar-refractivity contribution in [2.45, 2.75) is 37.2 Å². The molecule has 0 radical (unpaired) electrons. The van der Waals surface area contributed by atoms with Gasteiger partial charge in [-0.05, 0) is 48.7 Å². The molecule has 0 aromatic heterocycles. The Balaban J connectivity index is 2.22. The normalized spacial score (nSPS) is 20.1. The molecule has 1 atom stereocenters. The number of primary sulfonamides is 1. The van der Waals surface area contributed by atoms with Crippen LogP contribution in [0.25, 0.3) is 11.1 Å². The molecule has 0 amide bonds. The average Bonchev–Trinajstić information content (AvgIpc) is 2.85. The lowest BCUT2D eigenvalue weighted by atomic mass is 9.83. The molecule has 0 spiro atoms. The molecule has 2 aromatic carbocycles. The van der Waals surface area contributed by atoms with E-state index in [1.54, 1.807) is 12.1 Å². The first-order chi connectivity index (χ1) is 12.7. The fraction of sp³-hybridized carbons (Fsp3) is 0.250. The van der Waals surface area contributed by atoms with Crippen LogP contribution in [0.2, 0.25) is 0 Å². The fourth-order valence-corrected chi connectivity index (χ4v) is 3.98. The quantitative estimate of drug-likeness (QED) is 0.793. The molecule has 0 aliphatic carbocycles. The second-order valence-electron chi connectivity index (χ2n) is 6.70. The minimum atomic E-state index is -3.82. The van der Waals surface area contributed by atoms with Crippen LogP contribution in [0.1, 0.15) is 37.8 Å². The number of ether oxygens (including phenoxy) is 1. The third-order valence-corrected chi connectivity index (χ3v) is 5.56. The Labute approximate surface area is 157 Å². The van der Waals surface area contributed by atoms with Crippen molar-refractivity contribution in [2.75, 3.05) is 0 Å². The van der Waals surface area contributed by atoms with E-state index in [1.807, 2.05) is 13.8 Å². The maximum Gasteiger partial charge on any atom is 0.340 e. The summed E-state index contributed by atoms with van der Waals surface area (Å²) in [4.78, 5) is 12.7. The molecule has 27 heavy (non-hydrogen) atoms. The molecule has 0 saturated carbocycles. The van der Waals surface area contributed by atoms with Crippen LogP contribution in [0.3, 0.4) is 0 Å². The predicted molar refractivity (Wildman–Crippen MR) is 100 cm³/mol. The molecular formula is C20H20FNO4S. The maximum absolute atomic E-state index is 13.3. The van der Waals surface area contributed by atoms with Crippen molar-refractivity contribution in [1.82, 2.24) is 0 Å². The summed E-state index contributed by atoms with van der Waals surface area (Å²) in [5, 5.41) is 5.16. The molecule has 1 aliphatic heterocycles. The standard InChI is InChI=1S/C20H20FNO4S/c1-3-12-20(2)18(14-6-10-16(11-7-14)27(22,24)25)17(19(23)26-20)13-4-8-15(21)9-5-13/h4-11H,3,12H2,1-2H3,(H2,22,24,25). The summed E-state index contributed by atoms with van der Waals surface area (Å²) in [7, 11) is -3.82. The molecule has 1 heterocycles. The smallest absolute Gasteiger partial charge is 0.340 e. The van der Waals surface area contributed by atoms with Crippen LogP contribution in [0.4, 0.5) is 4.39 Å². The lowest BCUT2D eigenvalue weighted by molar-refractivity contribution is -0.143. The summed E-state index contributed by atoms with van der Waals surface area (Å²) in [6.45, 7) is 3.81. The third kappa shape index (κ3) is 3.65. The number of esters is 1. The highest BCUT2D eigenvalue weighted by molar-refractivity contribution is 7.89. The first kappa shape index (κ1) is 19.3. The summed E-state index contributed by atoms with van der Waals surface area (Å²) in [5.41, 5.74) is 1.35. The molecule has 0 fully saturated rings.